The minimum atomic E-state index is -0.897. The summed E-state index contributed by atoms with van der Waals surface area (Å²) in [6.07, 6.45) is -0.897. The van der Waals surface area contributed by atoms with Crippen LogP contribution in [0.1, 0.15) is 13.8 Å². The molecule has 0 aliphatic carbocycles. The van der Waals surface area contributed by atoms with E-state index in [1.807, 2.05) is 0 Å². The lowest BCUT2D eigenvalue weighted by molar-refractivity contribution is -0.385. The van der Waals surface area contributed by atoms with Crippen molar-refractivity contribution in [3.05, 3.63) is 62.7 Å². The lowest BCUT2D eigenvalue weighted by Crippen LogP contribution is -2.50. The molecule has 0 bridgehead atoms. The van der Waals surface area contributed by atoms with Crippen molar-refractivity contribution in [1.29, 1.82) is 0 Å². The molecule has 2 amide bonds. The van der Waals surface area contributed by atoms with E-state index < -0.39 is 27.8 Å². The highest BCUT2D eigenvalue weighted by atomic mass is 16.6. The van der Waals surface area contributed by atoms with E-state index in [0.717, 1.165) is 0 Å². The third-order valence-corrected chi connectivity index (χ3v) is 4.48. The molecule has 156 valence electrons. The standard InChI is InChI=1S/C19H18N4O7/c1-11(2)18-19(25)21(15-8-7-14(23(28)29)9-16(15)30-18)10-17(24)20-12-3-5-13(6-4-12)22(26)27/h3-9,11,18H,10H2,1-2H3,(H,20,24). The Morgan fingerprint density at radius 1 is 1.10 bits per heavy atom. The Morgan fingerprint density at radius 3 is 2.27 bits per heavy atom. The third-order valence-electron chi connectivity index (χ3n) is 4.48. The van der Waals surface area contributed by atoms with E-state index in [1.54, 1.807) is 13.8 Å². The van der Waals surface area contributed by atoms with E-state index in [0.29, 0.717) is 5.69 Å². The Labute approximate surface area is 170 Å². The summed E-state index contributed by atoms with van der Waals surface area (Å²) in [6, 6.07) is 9.07. The number of rotatable bonds is 6. The van der Waals surface area contributed by atoms with Gasteiger partial charge in [-0.3, -0.25) is 34.7 Å². The SMILES string of the molecule is CC(C)C1Oc2cc([N+](=O)[O-])ccc2N(CC(=O)Nc2ccc([N+](=O)[O-])cc2)C1=O. The van der Waals surface area contributed by atoms with E-state index in [1.165, 1.54) is 47.4 Å². The average Bonchev–Trinajstić information content (AvgIpc) is 2.69. The number of amides is 2. The minimum absolute atomic E-state index is 0.119. The van der Waals surface area contributed by atoms with Crippen LogP contribution in [0.2, 0.25) is 0 Å². The van der Waals surface area contributed by atoms with Crippen LogP contribution in [0.15, 0.2) is 42.5 Å². The molecule has 2 aromatic rings. The first-order valence-electron chi connectivity index (χ1n) is 8.98. The van der Waals surface area contributed by atoms with E-state index in [9.17, 15) is 29.8 Å². The number of non-ortho nitro benzene ring substituents is 2. The van der Waals surface area contributed by atoms with Crippen LogP contribution in [-0.2, 0) is 9.59 Å². The molecular weight excluding hydrogens is 396 g/mol. The van der Waals surface area contributed by atoms with Crippen molar-refractivity contribution in [2.24, 2.45) is 5.92 Å². The van der Waals surface area contributed by atoms with Gasteiger partial charge in [0.05, 0.1) is 21.6 Å². The van der Waals surface area contributed by atoms with Crippen LogP contribution < -0.4 is 15.0 Å². The fourth-order valence-electron chi connectivity index (χ4n) is 2.99. The lowest BCUT2D eigenvalue weighted by atomic mass is 10.0. The van der Waals surface area contributed by atoms with Gasteiger partial charge < -0.3 is 10.1 Å². The fourth-order valence-corrected chi connectivity index (χ4v) is 2.99. The average molecular weight is 414 g/mol. The molecule has 11 heteroatoms. The number of nitrogens with one attached hydrogen (secondary N) is 1. The maximum atomic E-state index is 12.9. The number of carbonyl (C=O) groups excluding carboxylic acids is 2. The molecule has 3 rings (SSSR count). The van der Waals surface area contributed by atoms with Crippen LogP contribution in [0.4, 0.5) is 22.7 Å². The first-order valence-corrected chi connectivity index (χ1v) is 8.98. The van der Waals surface area contributed by atoms with Crippen molar-refractivity contribution in [2.45, 2.75) is 20.0 Å². The molecule has 1 heterocycles. The van der Waals surface area contributed by atoms with Crippen molar-refractivity contribution in [1.82, 2.24) is 0 Å². The molecule has 30 heavy (non-hydrogen) atoms. The Morgan fingerprint density at radius 2 is 1.70 bits per heavy atom. The second-order valence-corrected chi connectivity index (χ2v) is 6.97. The molecule has 11 nitrogen and oxygen atoms in total. The van der Waals surface area contributed by atoms with Crippen molar-refractivity contribution < 1.29 is 24.2 Å². The highest BCUT2D eigenvalue weighted by Crippen LogP contribution is 2.38. The van der Waals surface area contributed by atoms with Crippen LogP contribution in [-0.4, -0.2) is 34.3 Å². The molecule has 1 aliphatic rings. The number of benzene rings is 2. The number of hydrogen-bond acceptors (Lipinski definition) is 7. The van der Waals surface area contributed by atoms with Crippen LogP contribution in [0.5, 0.6) is 5.75 Å². The Bertz CT molecular complexity index is 1020. The zero-order chi connectivity index (χ0) is 22.0. The zero-order valence-electron chi connectivity index (χ0n) is 16.1. The first kappa shape index (κ1) is 20.7. The van der Waals surface area contributed by atoms with Gasteiger partial charge in [0.25, 0.3) is 17.3 Å². The molecule has 2 aromatic carbocycles. The summed E-state index contributed by atoms with van der Waals surface area (Å²) in [5, 5.41) is 24.4. The second-order valence-electron chi connectivity index (χ2n) is 6.97. The summed E-state index contributed by atoms with van der Waals surface area (Å²) in [5.41, 5.74) is 0.268. The lowest BCUT2D eigenvalue weighted by Gasteiger charge is -2.35. The maximum absolute atomic E-state index is 12.9. The van der Waals surface area contributed by atoms with Gasteiger partial charge in [-0.1, -0.05) is 13.8 Å². The van der Waals surface area contributed by atoms with Crippen LogP contribution in [0.25, 0.3) is 0 Å². The van der Waals surface area contributed by atoms with Gasteiger partial charge in [0, 0.05) is 23.9 Å². The van der Waals surface area contributed by atoms with Gasteiger partial charge >= 0.3 is 0 Å². The van der Waals surface area contributed by atoms with E-state index in [2.05, 4.69) is 5.32 Å². The molecule has 1 N–H and O–H groups in total. The van der Waals surface area contributed by atoms with Gasteiger partial charge in [0.15, 0.2) is 11.9 Å². The number of ether oxygens (including phenoxy) is 1. The van der Waals surface area contributed by atoms with E-state index >= 15 is 0 Å². The molecule has 1 unspecified atom stereocenters. The van der Waals surface area contributed by atoms with Crippen LogP contribution in [0.3, 0.4) is 0 Å². The number of fused-ring (bicyclic) bond motifs is 1. The van der Waals surface area contributed by atoms with Gasteiger partial charge in [-0.05, 0) is 24.1 Å². The number of nitro benzene ring substituents is 2. The predicted molar refractivity (Wildman–Crippen MR) is 106 cm³/mol. The predicted octanol–water partition coefficient (Wildman–Crippen LogP) is 2.89. The van der Waals surface area contributed by atoms with E-state index in [-0.39, 0.29) is 35.3 Å². The summed E-state index contributed by atoms with van der Waals surface area (Å²) < 4.78 is 5.67. The molecule has 0 saturated heterocycles. The Hall–Kier alpha value is -4.02. The third kappa shape index (κ3) is 4.19. The molecule has 0 spiro atoms. The monoisotopic (exact) mass is 414 g/mol. The summed E-state index contributed by atoms with van der Waals surface area (Å²) in [5.74, 6) is -1.06. The van der Waals surface area contributed by atoms with Gasteiger partial charge in [-0.25, -0.2) is 0 Å². The highest BCUT2D eigenvalue weighted by molar-refractivity contribution is 6.06. The number of carbonyl (C=O) groups is 2. The molecule has 0 aromatic heterocycles. The van der Waals surface area contributed by atoms with Crippen molar-refractivity contribution in [3.63, 3.8) is 0 Å². The molecule has 0 saturated carbocycles. The highest BCUT2D eigenvalue weighted by Gasteiger charge is 2.38. The van der Waals surface area contributed by atoms with Crippen LogP contribution >= 0.6 is 0 Å². The van der Waals surface area contributed by atoms with Gasteiger partial charge in [-0.2, -0.15) is 0 Å². The molecule has 0 fully saturated rings. The van der Waals surface area contributed by atoms with Crippen LogP contribution in [0, 0.1) is 26.1 Å². The smallest absolute Gasteiger partial charge is 0.273 e. The quantitative estimate of drug-likeness (QED) is 0.565. The van der Waals surface area contributed by atoms with Crippen molar-refractivity contribution in [3.8, 4) is 5.75 Å². The molecule has 0 radical (unpaired) electrons. The topological polar surface area (TPSA) is 145 Å². The maximum Gasteiger partial charge on any atom is 0.273 e. The Balaban J connectivity index is 1.84. The van der Waals surface area contributed by atoms with Gasteiger partial charge in [0.1, 0.15) is 6.54 Å². The number of nitrogens with zero attached hydrogens (tertiary/aromatic N) is 3. The Kier molecular flexibility index (Phi) is 5.63. The normalized spacial score (nSPS) is 15.4. The van der Waals surface area contributed by atoms with E-state index in [4.69, 9.17) is 4.74 Å². The van der Waals surface area contributed by atoms with Gasteiger partial charge in [0.2, 0.25) is 5.91 Å². The zero-order valence-corrected chi connectivity index (χ0v) is 16.1. The number of anilines is 2. The summed E-state index contributed by atoms with van der Waals surface area (Å²) >= 11 is 0. The molecular formula is C19H18N4O7. The fraction of sp³-hybridized carbons (Fsp3) is 0.263. The largest absolute Gasteiger partial charge is 0.478 e. The second kappa shape index (κ2) is 8.15. The number of nitro groups is 2. The number of hydrogen-bond donors (Lipinski definition) is 1. The first-order chi connectivity index (χ1) is 14.2. The minimum Gasteiger partial charge on any atom is -0.478 e. The summed E-state index contributed by atoms with van der Waals surface area (Å²) in [7, 11) is 0. The van der Waals surface area contributed by atoms with Crippen molar-refractivity contribution in [2.75, 3.05) is 16.8 Å². The summed E-state index contributed by atoms with van der Waals surface area (Å²) in [6.45, 7) is 3.17. The molecule has 1 atom stereocenters. The van der Waals surface area contributed by atoms with Crippen molar-refractivity contribution >= 4 is 34.6 Å². The molecule has 1 aliphatic heterocycles. The summed E-state index contributed by atoms with van der Waals surface area (Å²) in [4.78, 5) is 47.3. The van der Waals surface area contributed by atoms with Gasteiger partial charge in [-0.15, -0.1) is 0 Å².